The van der Waals surface area contributed by atoms with Gasteiger partial charge in [-0.25, -0.2) is 0 Å². The topological polar surface area (TPSA) is 31.9 Å². The van der Waals surface area contributed by atoms with Crippen LogP contribution in [0, 0.1) is 12.3 Å². The second-order valence-electron chi connectivity index (χ2n) is 2.46. The number of terminal acetylenes is 1. The molecule has 3 heteroatoms. The maximum absolute atomic E-state index is 5.14. The Balaban J connectivity index is 2.38. The molecule has 1 aromatic heterocycles. The van der Waals surface area contributed by atoms with E-state index in [9.17, 15) is 0 Å². The van der Waals surface area contributed by atoms with Gasteiger partial charge in [-0.05, 0) is 13.1 Å². The van der Waals surface area contributed by atoms with Crippen molar-refractivity contribution in [2.45, 2.75) is 6.54 Å². The Morgan fingerprint density at radius 1 is 1.82 bits per heavy atom. The maximum atomic E-state index is 5.14. The van der Waals surface area contributed by atoms with Crippen LogP contribution in [0.5, 0.6) is 0 Å². The first-order valence-corrected chi connectivity index (χ1v) is 3.43. The van der Waals surface area contributed by atoms with Crippen molar-refractivity contribution in [3.63, 3.8) is 0 Å². The average molecular weight is 149 g/mol. The van der Waals surface area contributed by atoms with Gasteiger partial charge in [0, 0.05) is 18.4 Å². The number of rotatable bonds is 3. The van der Waals surface area contributed by atoms with Crippen molar-refractivity contribution in [2.24, 2.45) is 0 Å². The molecule has 1 heterocycles. The molecule has 0 radical (unpaired) electrons. The fourth-order valence-electron chi connectivity index (χ4n) is 0.875. The average Bonchev–Trinajstić information content (AvgIpc) is 2.40. The molecule has 11 heavy (non-hydrogen) atoms. The lowest BCUT2D eigenvalue weighted by Crippen LogP contribution is -2.17. The van der Waals surface area contributed by atoms with Crippen LogP contribution in [0.25, 0.3) is 0 Å². The highest BCUT2D eigenvalue weighted by atomic mass is 15.1. The lowest BCUT2D eigenvalue weighted by Gasteiger charge is -2.10. The Bertz CT molecular complexity index is 232. The Kier molecular flexibility index (Phi) is 2.70. The summed E-state index contributed by atoms with van der Waals surface area (Å²) in [5.41, 5.74) is 1.09. The van der Waals surface area contributed by atoms with E-state index < -0.39 is 0 Å². The molecule has 0 saturated carbocycles. The Labute approximate surface area is 66.4 Å². The molecule has 0 atom stereocenters. The number of nitrogens with zero attached hydrogens (tertiary/aromatic N) is 2. The van der Waals surface area contributed by atoms with Gasteiger partial charge in [-0.1, -0.05) is 5.92 Å². The minimum absolute atomic E-state index is 0.666. The molecule has 0 amide bonds. The molecule has 0 fully saturated rings. The van der Waals surface area contributed by atoms with E-state index >= 15 is 0 Å². The largest absolute Gasteiger partial charge is 0.290 e. The number of aromatic amines is 1. The normalized spacial score (nSPS) is 9.91. The van der Waals surface area contributed by atoms with Gasteiger partial charge in [0.15, 0.2) is 0 Å². The summed E-state index contributed by atoms with van der Waals surface area (Å²) in [5.74, 6) is 2.57. The van der Waals surface area contributed by atoms with Crippen LogP contribution < -0.4 is 0 Å². The van der Waals surface area contributed by atoms with Crippen LogP contribution in [0.4, 0.5) is 0 Å². The molecule has 0 spiro atoms. The summed E-state index contributed by atoms with van der Waals surface area (Å²) in [4.78, 5) is 2.04. The smallest absolute Gasteiger partial charge is 0.0599 e. The zero-order valence-electron chi connectivity index (χ0n) is 6.54. The third kappa shape index (κ3) is 2.44. The van der Waals surface area contributed by atoms with Crippen molar-refractivity contribution in [1.29, 1.82) is 0 Å². The van der Waals surface area contributed by atoms with Gasteiger partial charge < -0.3 is 0 Å². The Morgan fingerprint density at radius 3 is 3.18 bits per heavy atom. The van der Waals surface area contributed by atoms with Gasteiger partial charge >= 0.3 is 0 Å². The number of hydrogen-bond donors (Lipinski definition) is 1. The van der Waals surface area contributed by atoms with E-state index in [0.29, 0.717) is 6.54 Å². The van der Waals surface area contributed by atoms with Crippen LogP contribution in [-0.2, 0) is 6.54 Å². The number of aromatic nitrogens is 2. The fraction of sp³-hybridized carbons (Fsp3) is 0.375. The first-order valence-electron chi connectivity index (χ1n) is 3.43. The quantitative estimate of drug-likeness (QED) is 0.634. The van der Waals surface area contributed by atoms with E-state index in [1.165, 1.54) is 0 Å². The van der Waals surface area contributed by atoms with Crippen LogP contribution in [0.3, 0.4) is 0 Å². The predicted octanol–water partition coefficient (Wildman–Crippen LogP) is 0.475. The zero-order chi connectivity index (χ0) is 8.10. The van der Waals surface area contributed by atoms with Crippen molar-refractivity contribution in [3.05, 3.63) is 18.0 Å². The van der Waals surface area contributed by atoms with Gasteiger partial charge in [-0.15, -0.1) is 6.42 Å². The molecule has 0 unspecified atom stereocenters. The minimum Gasteiger partial charge on any atom is -0.290 e. The second-order valence-corrected chi connectivity index (χ2v) is 2.46. The van der Waals surface area contributed by atoms with Crippen LogP contribution in [0.1, 0.15) is 5.69 Å². The van der Waals surface area contributed by atoms with Gasteiger partial charge in [0.2, 0.25) is 0 Å². The third-order valence-electron chi connectivity index (χ3n) is 1.36. The highest BCUT2D eigenvalue weighted by Gasteiger charge is 1.97. The molecule has 0 aliphatic carbocycles. The van der Waals surface area contributed by atoms with Crippen molar-refractivity contribution in [1.82, 2.24) is 15.1 Å². The van der Waals surface area contributed by atoms with Gasteiger partial charge in [0.25, 0.3) is 0 Å². The highest BCUT2D eigenvalue weighted by Crippen LogP contribution is 1.95. The molecule has 1 rings (SSSR count). The number of H-pyrrole nitrogens is 1. The molecule has 0 aliphatic heterocycles. The monoisotopic (exact) mass is 149 g/mol. The maximum Gasteiger partial charge on any atom is 0.0599 e. The van der Waals surface area contributed by atoms with Gasteiger partial charge in [-0.2, -0.15) is 5.10 Å². The number of nitrogens with one attached hydrogen (secondary N) is 1. The fourth-order valence-corrected chi connectivity index (χ4v) is 0.875. The van der Waals surface area contributed by atoms with E-state index in [2.05, 4.69) is 16.1 Å². The van der Waals surface area contributed by atoms with Crippen LogP contribution >= 0.6 is 0 Å². The summed E-state index contributed by atoms with van der Waals surface area (Å²) in [6.07, 6.45) is 6.88. The Morgan fingerprint density at radius 2 is 2.64 bits per heavy atom. The molecule has 0 aliphatic rings. The third-order valence-corrected chi connectivity index (χ3v) is 1.36. The lowest BCUT2D eigenvalue weighted by molar-refractivity contribution is 0.364. The molecule has 0 bridgehead atoms. The zero-order valence-corrected chi connectivity index (χ0v) is 6.54. The summed E-state index contributed by atoms with van der Waals surface area (Å²) in [6, 6.07) is 1.94. The highest BCUT2D eigenvalue weighted by molar-refractivity contribution is 4.98. The minimum atomic E-state index is 0.666. The molecule has 1 aromatic rings. The van der Waals surface area contributed by atoms with Crippen LogP contribution in [0.2, 0.25) is 0 Å². The van der Waals surface area contributed by atoms with Crippen molar-refractivity contribution in [2.75, 3.05) is 13.6 Å². The van der Waals surface area contributed by atoms with E-state index in [-0.39, 0.29) is 0 Å². The summed E-state index contributed by atoms with van der Waals surface area (Å²) >= 11 is 0. The summed E-state index contributed by atoms with van der Waals surface area (Å²) in [5, 5.41) is 6.70. The van der Waals surface area contributed by atoms with Crippen molar-refractivity contribution < 1.29 is 0 Å². The summed E-state index contributed by atoms with van der Waals surface area (Å²) in [6.45, 7) is 1.49. The molecular formula is C8H11N3. The van der Waals surface area contributed by atoms with E-state index in [1.807, 2.05) is 18.0 Å². The molecule has 1 N–H and O–H groups in total. The van der Waals surface area contributed by atoms with Crippen molar-refractivity contribution >= 4 is 0 Å². The summed E-state index contributed by atoms with van der Waals surface area (Å²) < 4.78 is 0. The van der Waals surface area contributed by atoms with E-state index in [4.69, 9.17) is 6.42 Å². The van der Waals surface area contributed by atoms with E-state index in [0.717, 1.165) is 12.2 Å². The molecule has 0 aromatic carbocycles. The van der Waals surface area contributed by atoms with Gasteiger partial charge in [0.05, 0.1) is 6.54 Å². The first-order chi connectivity index (χ1) is 5.33. The molecule has 58 valence electrons. The Hall–Kier alpha value is -1.27. The number of hydrogen-bond acceptors (Lipinski definition) is 2. The molecular weight excluding hydrogens is 138 g/mol. The second kappa shape index (κ2) is 3.79. The van der Waals surface area contributed by atoms with Gasteiger partial charge in [-0.3, -0.25) is 10.00 Å². The molecule has 0 saturated heterocycles. The first kappa shape index (κ1) is 7.83. The standard InChI is InChI=1S/C8H11N3/c1-3-6-11(2)7-8-4-5-9-10-8/h1,4-5H,6-7H2,2H3,(H,9,10). The molecule has 3 nitrogen and oxygen atoms in total. The van der Waals surface area contributed by atoms with Crippen molar-refractivity contribution in [3.8, 4) is 12.3 Å². The summed E-state index contributed by atoms with van der Waals surface area (Å²) in [7, 11) is 1.97. The van der Waals surface area contributed by atoms with Crippen LogP contribution in [-0.4, -0.2) is 28.7 Å². The van der Waals surface area contributed by atoms with E-state index in [1.54, 1.807) is 6.20 Å². The SMILES string of the molecule is C#CCN(C)Cc1ccn[nH]1. The predicted molar refractivity (Wildman–Crippen MR) is 43.8 cm³/mol. The lowest BCUT2D eigenvalue weighted by atomic mass is 10.4. The van der Waals surface area contributed by atoms with Gasteiger partial charge in [0.1, 0.15) is 0 Å². The van der Waals surface area contributed by atoms with Crippen LogP contribution in [0.15, 0.2) is 12.3 Å².